The fraction of sp³-hybridized carbons (Fsp3) is 0.267. The van der Waals surface area contributed by atoms with Gasteiger partial charge in [-0.2, -0.15) is 0 Å². The van der Waals surface area contributed by atoms with Crippen molar-refractivity contribution in [3.8, 4) is 11.7 Å². The molecule has 0 atom stereocenters. The Labute approximate surface area is 116 Å². The molecule has 104 valence electrons. The minimum atomic E-state index is -0.728. The SMILES string of the molecule is O=C(O)C1CN(Cc2ccc(Oc3ccccc3)o2)C1. The van der Waals surface area contributed by atoms with Crippen LogP contribution in [-0.2, 0) is 11.3 Å². The van der Waals surface area contributed by atoms with Gasteiger partial charge in [-0.3, -0.25) is 9.69 Å². The Balaban J connectivity index is 1.54. The van der Waals surface area contributed by atoms with Gasteiger partial charge in [-0.25, -0.2) is 0 Å². The Morgan fingerprint density at radius 1 is 1.25 bits per heavy atom. The average molecular weight is 273 g/mol. The van der Waals surface area contributed by atoms with Crippen LogP contribution in [-0.4, -0.2) is 29.1 Å². The number of nitrogens with zero attached hydrogens (tertiary/aromatic N) is 1. The number of carboxylic acids is 1. The molecule has 1 aliphatic heterocycles. The molecule has 0 spiro atoms. The summed E-state index contributed by atoms with van der Waals surface area (Å²) in [6, 6.07) is 13.0. The monoisotopic (exact) mass is 273 g/mol. The minimum absolute atomic E-state index is 0.245. The zero-order valence-electron chi connectivity index (χ0n) is 10.9. The second kappa shape index (κ2) is 5.38. The first-order valence-electron chi connectivity index (χ1n) is 6.47. The lowest BCUT2D eigenvalue weighted by molar-refractivity contribution is -0.147. The summed E-state index contributed by atoms with van der Waals surface area (Å²) in [5.41, 5.74) is 0. The van der Waals surface area contributed by atoms with E-state index < -0.39 is 5.97 Å². The minimum Gasteiger partial charge on any atom is -0.481 e. The number of rotatable bonds is 5. The van der Waals surface area contributed by atoms with Crippen molar-refractivity contribution in [3.63, 3.8) is 0 Å². The topological polar surface area (TPSA) is 62.9 Å². The van der Waals surface area contributed by atoms with Gasteiger partial charge in [0.15, 0.2) is 0 Å². The van der Waals surface area contributed by atoms with Gasteiger partial charge in [0.2, 0.25) is 0 Å². The van der Waals surface area contributed by atoms with Gasteiger partial charge in [-0.15, -0.1) is 0 Å². The molecule has 0 radical (unpaired) electrons. The molecule has 5 nitrogen and oxygen atoms in total. The van der Waals surface area contributed by atoms with Gasteiger partial charge in [0.1, 0.15) is 11.5 Å². The third-order valence-corrected chi connectivity index (χ3v) is 3.28. The molecule has 0 amide bonds. The molecule has 1 aliphatic rings. The number of ether oxygens (including phenoxy) is 1. The molecule has 5 heteroatoms. The lowest BCUT2D eigenvalue weighted by Gasteiger charge is -2.35. The summed E-state index contributed by atoms with van der Waals surface area (Å²) in [5, 5.41) is 8.82. The first-order valence-corrected chi connectivity index (χ1v) is 6.47. The highest BCUT2D eigenvalue weighted by atomic mass is 16.6. The van der Waals surface area contributed by atoms with Crippen molar-refractivity contribution in [3.05, 3.63) is 48.2 Å². The first kappa shape index (κ1) is 12.7. The molecular formula is C15H15NO4. The van der Waals surface area contributed by atoms with E-state index in [1.165, 1.54) is 0 Å². The number of likely N-dealkylation sites (tertiary alicyclic amines) is 1. The highest BCUT2D eigenvalue weighted by molar-refractivity contribution is 5.71. The summed E-state index contributed by atoms with van der Waals surface area (Å²) in [6.45, 7) is 1.76. The van der Waals surface area contributed by atoms with E-state index in [4.69, 9.17) is 14.3 Å². The van der Waals surface area contributed by atoms with Gasteiger partial charge in [-0.1, -0.05) is 18.2 Å². The molecule has 20 heavy (non-hydrogen) atoms. The maximum atomic E-state index is 10.7. The predicted molar refractivity (Wildman–Crippen MR) is 71.6 cm³/mol. The summed E-state index contributed by atoms with van der Waals surface area (Å²) in [5.74, 6) is 0.975. The van der Waals surface area contributed by atoms with Gasteiger partial charge in [-0.05, 0) is 18.2 Å². The van der Waals surface area contributed by atoms with Gasteiger partial charge < -0.3 is 14.3 Å². The molecule has 3 rings (SSSR count). The van der Waals surface area contributed by atoms with E-state index in [1.807, 2.05) is 41.3 Å². The van der Waals surface area contributed by atoms with Crippen molar-refractivity contribution < 1.29 is 19.1 Å². The quantitative estimate of drug-likeness (QED) is 0.907. The Morgan fingerprint density at radius 2 is 2.00 bits per heavy atom. The third-order valence-electron chi connectivity index (χ3n) is 3.28. The molecule has 1 aromatic heterocycles. The van der Waals surface area contributed by atoms with Crippen LogP contribution in [0.25, 0.3) is 0 Å². The zero-order valence-corrected chi connectivity index (χ0v) is 10.9. The van der Waals surface area contributed by atoms with Gasteiger partial charge in [0.05, 0.1) is 12.5 Å². The number of aliphatic carboxylic acids is 1. The van der Waals surface area contributed by atoms with E-state index in [9.17, 15) is 4.79 Å². The van der Waals surface area contributed by atoms with E-state index >= 15 is 0 Å². The average Bonchev–Trinajstić information content (AvgIpc) is 2.81. The summed E-state index contributed by atoms with van der Waals surface area (Å²) in [7, 11) is 0. The molecule has 0 unspecified atom stereocenters. The fourth-order valence-corrected chi connectivity index (χ4v) is 2.18. The predicted octanol–water partition coefficient (Wildman–Crippen LogP) is 2.59. The number of carbonyl (C=O) groups is 1. The van der Waals surface area contributed by atoms with Crippen LogP contribution in [0.3, 0.4) is 0 Å². The number of furan rings is 1. The number of carboxylic acid groups (broad SMARTS) is 1. The molecule has 2 aromatic rings. The van der Waals surface area contributed by atoms with Crippen molar-refractivity contribution in [2.75, 3.05) is 13.1 Å². The smallest absolute Gasteiger partial charge is 0.309 e. The normalized spacial score (nSPS) is 15.8. The van der Waals surface area contributed by atoms with Crippen molar-refractivity contribution in [2.24, 2.45) is 5.92 Å². The van der Waals surface area contributed by atoms with Crippen LogP contribution >= 0.6 is 0 Å². The standard InChI is InChI=1S/C15H15NO4/c17-15(18)11-8-16(9-11)10-13-6-7-14(20-13)19-12-4-2-1-3-5-12/h1-7,11H,8-10H2,(H,17,18). The van der Waals surface area contributed by atoms with Crippen LogP contribution in [0.15, 0.2) is 46.9 Å². The zero-order chi connectivity index (χ0) is 13.9. The van der Waals surface area contributed by atoms with E-state index in [1.54, 1.807) is 6.07 Å². The molecule has 0 saturated carbocycles. The third kappa shape index (κ3) is 2.83. The number of hydrogen-bond acceptors (Lipinski definition) is 4. The number of benzene rings is 1. The summed E-state index contributed by atoms with van der Waals surface area (Å²) >= 11 is 0. The Kier molecular flexibility index (Phi) is 3.43. The van der Waals surface area contributed by atoms with Gasteiger partial charge >= 0.3 is 5.97 Å². The van der Waals surface area contributed by atoms with Gasteiger partial charge in [0, 0.05) is 19.2 Å². The van der Waals surface area contributed by atoms with Crippen LogP contribution in [0.4, 0.5) is 0 Å². The Hall–Kier alpha value is -2.27. The number of hydrogen-bond donors (Lipinski definition) is 1. The van der Waals surface area contributed by atoms with Crippen LogP contribution in [0.1, 0.15) is 5.76 Å². The lowest BCUT2D eigenvalue weighted by Crippen LogP contribution is -2.49. The first-order chi connectivity index (χ1) is 9.70. The fourth-order valence-electron chi connectivity index (χ4n) is 2.18. The Morgan fingerprint density at radius 3 is 2.70 bits per heavy atom. The molecular weight excluding hydrogens is 258 g/mol. The highest BCUT2D eigenvalue weighted by Crippen LogP contribution is 2.25. The van der Waals surface area contributed by atoms with Crippen molar-refractivity contribution in [1.82, 2.24) is 4.90 Å². The molecule has 1 N–H and O–H groups in total. The van der Waals surface area contributed by atoms with Crippen molar-refractivity contribution >= 4 is 5.97 Å². The summed E-state index contributed by atoms with van der Waals surface area (Å²) < 4.78 is 11.2. The van der Waals surface area contributed by atoms with Crippen molar-refractivity contribution in [2.45, 2.75) is 6.54 Å². The second-order valence-corrected chi connectivity index (χ2v) is 4.87. The molecule has 1 fully saturated rings. The molecule has 1 saturated heterocycles. The Bertz CT molecular complexity index is 587. The largest absolute Gasteiger partial charge is 0.481 e. The number of para-hydroxylation sites is 1. The maximum absolute atomic E-state index is 10.7. The molecule has 0 aliphatic carbocycles. The van der Waals surface area contributed by atoms with Crippen LogP contribution in [0.2, 0.25) is 0 Å². The summed E-state index contributed by atoms with van der Waals surface area (Å²) in [6.07, 6.45) is 0. The van der Waals surface area contributed by atoms with E-state index in [0.717, 1.165) is 11.5 Å². The maximum Gasteiger partial charge on any atom is 0.309 e. The van der Waals surface area contributed by atoms with Gasteiger partial charge in [0.25, 0.3) is 5.95 Å². The highest BCUT2D eigenvalue weighted by Gasteiger charge is 2.32. The van der Waals surface area contributed by atoms with E-state index in [-0.39, 0.29) is 5.92 Å². The van der Waals surface area contributed by atoms with Crippen molar-refractivity contribution in [1.29, 1.82) is 0 Å². The molecule has 0 bridgehead atoms. The molecule has 2 heterocycles. The summed E-state index contributed by atoms with van der Waals surface area (Å²) in [4.78, 5) is 12.7. The molecule has 1 aromatic carbocycles. The van der Waals surface area contributed by atoms with Crippen LogP contribution in [0, 0.1) is 5.92 Å². The van der Waals surface area contributed by atoms with Crippen LogP contribution in [0.5, 0.6) is 11.7 Å². The van der Waals surface area contributed by atoms with E-state index in [2.05, 4.69) is 0 Å². The van der Waals surface area contributed by atoms with E-state index in [0.29, 0.717) is 25.6 Å². The second-order valence-electron chi connectivity index (χ2n) is 4.87. The van der Waals surface area contributed by atoms with Crippen LogP contribution < -0.4 is 4.74 Å². The lowest BCUT2D eigenvalue weighted by atomic mass is 10.0.